The topological polar surface area (TPSA) is 50.4 Å². The number of rotatable bonds is 3. The highest BCUT2D eigenvalue weighted by molar-refractivity contribution is 9.10. The molecule has 0 atom stereocenters. The molecule has 0 saturated heterocycles. The highest BCUT2D eigenvalue weighted by Crippen LogP contribution is 2.11. The zero-order valence-electron chi connectivity index (χ0n) is 9.81. The maximum absolute atomic E-state index is 5.81. The highest BCUT2D eigenvalue weighted by atomic mass is 79.9. The fraction of sp³-hybridized carbons (Fsp3) is 0.0714. The van der Waals surface area contributed by atoms with E-state index >= 15 is 0 Å². The van der Waals surface area contributed by atoms with E-state index in [9.17, 15) is 0 Å². The number of anilines is 1. The van der Waals surface area contributed by atoms with Crippen molar-refractivity contribution in [2.45, 2.75) is 6.54 Å². The van der Waals surface area contributed by atoms with E-state index in [0.717, 1.165) is 15.7 Å². The molecule has 4 heteroatoms. The molecule has 2 aromatic carbocycles. The number of nitrogens with two attached hydrogens (primary N) is 1. The zero-order chi connectivity index (χ0) is 12.8. The molecule has 0 fully saturated rings. The predicted molar refractivity (Wildman–Crippen MR) is 79.5 cm³/mol. The standard InChI is InChI=1S/C14H14BrN3/c15-12-8-6-11(7-9-12)10-17-14(16)18-13-4-2-1-3-5-13/h1-9H,10H2,(H3,16,17,18). The summed E-state index contributed by atoms with van der Waals surface area (Å²) < 4.78 is 1.06. The molecule has 3 N–H and O–H groups in total. The Morgan fingerprint density at radius 2 is 1.72 bits per heavy atom. The summed E-state index contributed by atoms with van der Waals surface area (Å²) in [6.45, 7) is 0.568. The Bertz CT molecular complexity index is 520. The Balaban J connectivity index is 1.95. The maximum Gasteiger partial charge on any atom is 0.193 e. The Hall–Kier alpha value is -1.81. The van der Waals surface area contributed by atoms with Gasteiger partial charge in [-0.3, -0.25) is 0 Å². The van der Waals surface area contributed by atoms with Gasteiger partial charge in [-0.05, 0) is 29.8 Å². The number of benzene rings is 2. The first kappa shape index (κ1) is 12.6. The van der Waals surface area contributed by atoms with Crippen LogP contribution in [0.1, 0.15) is 5.56 Å². The molecule has 0 spiro atoms. The van der Waals surface area contributed by atoms with E-state index in [1.807, 2.05) is 54.6 Å². The fourth-order valence-corrected chi connectivity index (χ4v) is 1.74. The van der Waals surface area contributed by atoms with Crippen LogP contribution in [0.2, 0.25) is 0 Å². The van der Waals surface area contributed by atoms with Crippen LogP contribution in [-0.4, -0.2) is 5.96 Å². The molecule has 92 valence electrons. The van der Waals surface area contributed by atoms with Crippen LogP contribution in [0.3, 0.4) is 0 Å². The second kappa shape index (κ2) is 6.21. The van der Waals surface area contributed by atoms with Gasteiger partial charge in [0.15, 0.2) is 5.96 Å². The van der Waals surface area contributed by atoms with Gasteiger partial charge in [0, 0.05) is 10.2 Å². The van der Waals surface area contributed by atoms with E-state index in [-0.39, 0.29) is 0 Å². The van der Waals surface area contributed by atoms with Crippen LogP contribution < -0.4 is 11.1 Å². The van der Waals surface area contributed by atoms with Crippen LogP contribution in [0, 0.1) is 0 Å². The summed E-state index contributed by atoms with van der Waals surface area (Å²) in [6, 6.07) is 17.8. The van der Waals surface area contributed by atoms with Crippen LogP contribution in [0.25, 0.3) is 0 Å². The second-order valence-electron chi connectivity index (χ2n) is 3.82. The number of guanidine groups is 1. The molecule has 3 nitrogen and oxygen atoms in total. The van der Waals surface area contributed by atoms with Crippen molar-refractivity contribution in [3.05, 3.63) is 64.6 Å². The smallest absolute Gasteiger partial charge is 0.193 e. The average molecular weight is 304 g/mol. The fourth-order valence-electron chi connectivity index (χ4n) is 1.48. The molecule has 0 amide bonds. The second-order valence-corrected chi connectivity index (χ2v) is 4.73. The summed E-state index contributed by atoms with van der Waals surface area (Å²) in [4.78, 5) is 4.29. The third kappa shape index (κ3) is 3.89. The lowest BCUT2D eigenvalue weighted by Crippen LogP contribution is -2.22. The number of hydrogen-bond acceptors (Lipinski definition) is 1. The van der Waals surface area contributed by atoms with Gasteiger partial charge in [0.25, 0.3) is 0 Å². The minimum Gasteiger partial charge on any atom is -0.370 e. The van der Waals surface area contributed by atoms with Gasteiger partial charge in [-0.15, -0.1) is 0 Å². The normalized spacial score (nSPS) is 11.3. The van der Waals surface area contributed by atoms with E-state index in [0.29, 0.717) is 12.5 Å². The first-order valence-corrected chi connectivity index (χ1v) is 6.40. The molecule has 0 aromatic heterocycles. The van der Waals surface area contributed by atoms with Crippen LogP contribution in [0.5, 0.6) is 0 Å². The lowest BCUT2D eigenvalue weighted by Gasteiger charge is -2.05. The van der Waals surface area contributed by atoms with Gasteiger partial charge in [-0.1, -0.05) is 46.3 Å². The molecule has 0 bridgehead atoms. The monoisotopic (exact) mass is 303 g/mol. The number of nitrogens with zero attached hydrogens (tertiary/aromatic N) is 1. The van der Waals surface area contributed by atoms with E-state index in [1.54, 1.807) is 0 Å². The Labute approximate surface area is 115 Å². The molecular formula is C14H14BrN3. The average Bonchev–Trinajstić information content (AvgIpc) is 2.39. The van der Waals surface area contributed by atoms with Crippen molar-refractivity contribution >= 4 is 27.6 Å². The summed E-state index contributed by atoms with van der Waals surface area (Å²) in [5.41, 5.74) is 7.87. The maximum atomic E-state index is 5.81. The van der Waals surface area contributed by atoms with Crippen molar-refractivity contribution in [2.24, 2.45) is 10.7 Å². The molecule has 2 aromatic rings. The van der Waals surface area contributed by atoms with Crippen molar-refractivity contribution < 1.29 is 0 Å². The molecule has 0 radical (unpaired) electrons. The molecule has 0 aliphatic carbocycles. The van der Waals surface area contributed by atoms with E-state index in [2.05, 4.69) is 26.2 Å². The summed E-state index contributed by atoms with van der Waals surface area (Å²) >= 11 is 3.40. The highest BCUT2D eigenvalue weighted by Gasteiger charge is 1.95. The number of nitrogens with one attached hydrogen (secondary N) is 1. The van der Waals surface area contributed by atoms with Crippen molar-refractivity contribution in [1.82, 2.24) is 0 Å². The summed E-state index contributed by atoms with van der Waals surface area (Å²) in [6.07, 6.45) is 0. The third-order valence-corrected chi connectivity index (χ3v) is 2.92. The van der Waals surface area contributed by atoms with Gasteiger partial charge in [0.2, 0.25) is 0 Å². The van der Waals surface area contributed by atoms with Crippen LogP contribution >= 0.6 is 15.9 Å². The largest absolute Gasteiger partial charge is 0.370 e. The van der Waals surface area contributed by atoms with Crippen LogP contribution in [0.4, 0.5) is 5.69 Å². The Kier molecular flexibility index (Phi) is 4.36. The lowest BCUT2D eigenvalue weighted by molar-refractivity contribution is 1.06. The van der Waals surface area contributed by atoms with Crippen molar-refractivity contribution in [3.8, 4) is 0 Å². The molecule has 0 heterocycles. The van der Waals surface area contributed by atoms with E-state index < -0.39 is 0 Å². The Morgan fingerprint density at radius 3 is 2.39 bits per heavy atom. The molecular weight excluding hydrogens is 290 g/mol. The van der Waals surface area contributed by atoms with Crippen molar-refractivity contribution in [3.63, 3.8) is 0 Å². The summed E-state index contributed by atoms with van der Waals surface area (Å²) in [5, 5.41) is 3.04. The molecule has 0 unspecified atom stereocenters. The van der Waals surface area contributed by atoms with E-state index in [1.165, 1.54) is 0 Å². The van der Waals surface area contributed by atoms with Crippen LogP contribution in [0.15, 0.2) is 64.1 Å². The van der Waals surface area contributed by atoms with Gasteiger partial charge in [-0.25, -0.2) is 4.99 Å². The molecule has 2 rings (SSSR count). The van der Waals surface area contributed by atoms with Gasteiger partial charge < -0.3 is 11.1 Å². The van der Waals surface area contributed by atoms with Crippen molar-refractivity contribution in [1.29, 1.82) is 0 Å². The third-order valence-electron chi connectivity index (χ3n) is 2.39. The SMILES string of the molecule is NC(=NCc1ccc(Br)cc1)Nc1ccccc1. The predicted octanol–water partition coefficient (Wildman–Crippen LogP) is 3.38. The molecule has 0 aliphatic rings. The van der Waals surface area contributed by atoms with Gasteiger partial charge in [0.1, 0.15) is 0 Å². The first-order chi connectivity index (χ1) is 8.74. The first-order valence-electron chi connectivity index (χ1n) is 5.60. The number of halogens is 1. The van der Waals surface area contributed by atoms with Crippen LogP contribution in [-0.2, 0) is 6.54 Å². The minimum absolute atomic E-state index is 0.420. The quantitative estimate of drug-likeness (QED) is 0.674. The number of para-hydroxylation sites is 1. The minimum atomic E-state index is 0.420. The molecule has 0 aliphatic heterocycles. The lowest BCUT2D eigenvalue weighted by atomic mass is 10.2. The zero-order valence-corrected chi connectivity index (χ0v) is 11.4. The van der Waals surface area contributed by atoms with E-state index in [4.69, 9.17) is 5.73 Å². The summed E-state index contributed by atoms with van der Waals surface area (Å²) in [7, 11) is 0. The summed E-state index contributed by atoms with van der Waals surface area (Å²) in [5.74, 6) is 0.420. The van der Waals surface area contributed by atoms with Crippen molar-refractivity contribution in [2.75, 3.05) is 5.32 Å². The van der Waals surface area contributed by atoms with Gasteiger partial charge >= 0.3 is 0 Å². The van der Waals surface area contributed by atoms with Gasteiger partial charge in [-0.2, -0.15) is 0 Å². The van der Waals surface area contributed by atoms with Gasteiger partial charge in [0.05, 0.1) is 6.54 Å². The number of aliphatic imine (C=N–C) groups is 1. The molecule has 0 saturated carbocycles. The molecule has 18 heavy (non-hydrogen) atoms. The number of hydrogen-bond donors (Lipinski definition) is 2. The Morgan fingerprint density at radius 1 is 1.06 bits per heavy atom.